The summed E-state index contributed by atoms with van der Waals surface area (Å²) in [5, 5.41) is 13.1. The molecule has 0 bridgehead atoms. The summed E-state index contributed by atoms with van der Waals surface area (Å²) in [6.07, 6.45) is 3.96. The van der Waals surface area contributed by atoms with Crippen molar-refractivity contribution in [1.82, 2.24) is 14.8 Å². The fourth-order valence-electron chi connectivity index (χ4n) is 3.19. The minimum absolute atomic E-state index is 0.000787. The van der Waals surface area contributed by atoms with E-state index in [0.29, 0.717) is 17.5 Å². The van der Waals surface area contributed by atoms with Gasteiger partial charge in [-0.25, -0.2) is 0 Å². The number of benzene rings is 1. The van der Waals surface area contributed by atoms with Gasteiger partial charge in [-0.3, -0.25) is 10.1 Å². The van der Waals surface area contributed by atoms with E-state index >= 15 is 0 Å². The van der Waals surface area contributed by atoms with Gasteiger partial charge >= 0.3 is 0 Å². The molecule has 1 saturated heterocycles. The molecule has 1 N–H and O–H groups in total. The monoisotopic (exact) mass is 402 g/mol. The Bertz CT molecular complexity index is 948. The van der Waals surface area contributed by atoms with E-state index in [1.165, 1.54) is 11.3 Å². The first-order valence-corrected chi connectivity index (χ1v) is 10.0. The molecule has 8 nitrogen and oxygen atoms in total. The Morgan fingerprint density at radius 2 is 2.32 bits per heavy atom. The van der Waals surface area contributed by atoms with E-state index in [0.717, 1.165) is 41.9 Å². The first kappa shape index (κ1) is 18.9. The Labute approximate surface area is 166 Å². The molecule has 0 aliphatic carbocycles. The van der Waals surface area contributed by atoms with Crippen molar-refractivity contribution in [3.63, 3.8) is 0 Å². The van der Waals surface area contributed by atoms with Gasteiger partial charge in [-0.05, 0) is 31.0 Å². The molecule has 4 rings (SSSR count). The predicted molar refractivity (Wildman–Crippen MR) is 106 cm³/mol. The summed E-state index contributed by atoms with van der Waals surface area (Å²) < 4.78 is 18.6. The number of methoxy groups -OCH3 is 1. The zero-order valence-electron chi connectivity index (χ0n) is 15.6. The lowest BCUT2D eigenvalue weighted by Crippen LogP contribution is -2.20. The summed E-state index contributed by atoms with van der Waals surface area (Å²) in [6.45, 7) is 2.04. The molecular weight excluding hydrogens is 380 g/mol. The van der Waals surface area contributed by atoms with Gasteiger partial charge in [-0.15, -0.1) is 10.2 Å². The second kappa shape index (κ2) is 8.68. The van der Waals surface area contributed by atoms with Crippen LogP contribution in [0.25, 0.3) is 10.9 Å². The third-order valence-electron chi connectivity index (χ3n) is 4.56. The molecule has 3 heterocycles. The Balaban J connectivity index is 1.36. The highest BCUT2D eigenvalue weighted by Crippen LogP contribution is 2.32. The number of hydrogen-bond donors (Lipinski definition) is 1. The molecule has 28 heavy (non-hydrogen) atoms. The topological polar surface area (TPSA) is 87.5 Å². The summed E-state index contributed by atoms with van der Waals surface area (Å²) in [5.41, 5.74) is 1.04. The first-order valence-electron chi connectivity index (χ1n) is 9.19. The quantitative estimate of drug-likeness (QED) is 0.623. The summed E-state index contributed by atoms with van der Waals surface area (Å²) in [4.78, 5) is 12.2. The molecule has 1 aliphatic rings. The number of aromatic nitrogens is 3. The average Bonchev–Trinajstić information content (AvgIpc) is 3.45. The Morgan fingerprint density at radius 1 is 1.39 bits per heavy atom. The largest absolute Gasteiger partial charge is 0.483 e. The van der Waals surface area contributed by atoms with Crippen molar-refractivity contribution in [3.05, 3.63) is 35.5 Å². The van der Waals surface area contributed by atoms with Crippen LogP contribution in [-0.4, -0.2) is 47.6 Å². The van der Waals surface area contributed by atoms with Gasteiger partial charge in [0.1, 0.15) is 16.9 Å². The standard InChI is InChI=1S/C19H22N4O4S/c1-25-11-9-23-8-7-13-14(23)4-2-5-15(13)27-12-17(24)20-19-22-21-18(28-19)16-6-3-10-26-16/h2,4-5,7-8,16H,3,6,9-12H2,1H3,(H,20,22,24)/t16-/m1/s1. The maximum atomic E-state index is 12.2. The van der Waals surface area contributed by atoms with Gasteiger partial charge < -0.3 is 18.8 Å². The fourth-order valence-corrected chi connectivity index (χ4v) is 4.04. The number of carbonyl (C=O) groups is 1. The molecule has 1 fully saturated rings. The summed E-state index contributed by atoms with van der Waals surface area (Å²) >= 11 is 1.34. The van der Waals surface area contributed by atoms with Crippen LogP contribution in [0.4, 0.5) is 5.13 Å². The number of fused-ring (bicyclic) bond motifs is 1. The molecular formula is C19H22N4O4S. The van der Waals surface area contributed by atoms with Crippen LogP contribution in [-0.2, 0) is 20.8 Å². The third-order valence-corrected chi connectivity index (χ3v) is 5.49. The van der Waals surface area contributed by atoms with E-state index in [4.69, 9.17) is 14.2 Å². The molecule has 0 radical (unpaired) electrons. The highest BCUT2D eigenvalue weighted by molar-refractivity contribution is 7.15. The lowest BCUT2D eigenvalue weighted by Gasteiger charge is -2.08. The number of ether oxygens (including phenoxy) is 3. The molecule has 1 atom stereocenters. The van der Waals surface area contributed by atoms with Crippen LogP contribution in [0.3, 0.4) is 0 Å². The molecule has 1 aliphatic heterocycles. The minimum Gasteiger partial charge on any atom is -0.483 e. The number of nitrogens with zero attached hydrogens (tertiary/aromatic N) is 3. The van der Waals surface area contributed by atoms with E-state index in [1.807, 2.05) is 30.5 Å². The molecule has 0 spiro atoms. The first-order chi connectivity index (χ1) is 13.7. The zero-order chi connectivity index (χ0) is 19.3. The van der Waals surface area contributed by atoms with E-state index < -0.39 is 0 Å². The highest BCUT2D eigenvalue weighted by atomic mass is 32.1. The number of amides is 1. The van der Waals surface area contributed by atoms with Gasteiger partial charge in [0.2, 0.25) is 5.13 Å². The fraction of sp³-hybridized carbons (Fsp3) is 0.421. The van der Waals surface area contributed by atoms with Crippen molar-refractivity contribution in [2.75, 3.05) is 32.2 Å². The van der Waals surface area contributed by atoms with E-state index in [9.17, 15) is 4.79 Å². The van der Waals surface area contributed by atoms with Gasteiger partial charge in [0.25, 0.3) is 5.91 Å². The second-order valence-corrected chi connectivity index (χ2v) is 7.48. The SMILES string of the molecule is COCCn1ccc2c(OCC(=O)Nc3nnc([C@H]4CCCO4)s3)cccc21. The van der Waals surface area contributed by atoms with Gasteiger partial charge in [0.05, 0.1) is 12.1 Å². The number of rotatable bonds is 8. The maximum Gasteiger partial charge on any atom is 0.264 e. The normalized spacial score (nSPS) is 16.5. The van der Waals surface area contributed by atoms with Crippen LogP contribution in [0.1, 0.15) is 24.0 Å². The van der Waals surface area contributed by atoms with Gasteiger partial charge in [0.15, 0.2) is 6.61 Å². The predicted octanol–water partition coefficient (Wildman–Crippen LogP) is 3.01. The molecule has 1 amide bonds. The van der Waals surface area contributed by atoms with E-state index in [1.54, 1.807) is 7.11 Å². The maximum absolute atomic E-state index is 12.2. The third kappa shape index (κ3) is 4.16. The molecule has 0 saturated carbocycles. The van der Waals surface area contributed by atoms with Crippen LogP contribution in [0.15, 0.2) is 30.5 Å². The van der Waals surface area contributed by atoms with Crippen molar-refractivity contribution in [1.29, 1.82) is 0 Å². The molecule has 1 aromatic carbocycles. The summed E-state index contributed by atoms with van der Waals surface area (Å²) in [6, 6.07) is 7.77. The summed E-state index contributed by atoms with van der Waals surface area (Å²) in [7, 11) is 1.68. The zero-order valence-corrected chi connectivity index (χ0v) is 16.4. The lowest BCUT2D eigenvalue weighted by molar-refractivity contribution is -0.118. The Kier molecular flexibility index (Phi) is 5.84. The van der Waals surface area contributed by atoms with Gasteiger partial charge in [0, 0.05) is 31.8 Å². The van der Waals surface area contributed by atoms with Crippen LogP contribution >= 0.6 is 11.3 Å². The molecule has 9 heteroatoms. The number of nitrogens with one attached hydrogen (secondary N) is 1. The van der Waals surface area contributed by atoms with Crippen LogP contribution in [0, 0.1) is 0 Å². The van der Waals surface area contributed by atoms with Crippen molar-refractivity contribution in [2.24, 2.45) is 0 Å². The van der Waals surface area contributed by atoms with E-state index in [2.05, 4.69) is 20.1 Å². The molecule has 148 valence electrons. The lowest BCUT2D eigenvalue weighted by atomic mass is 10.2. The number of hydrogen-bond acceptors (Lipinski definition) is 7. The van der Waals surface area contributed by atoms with Crippen molar-refractivity contribution in [2.45, 2.75) is 25.5 Å². The number of carbonyl (C=O) groups excluding carboxylic acids is 1. The number of anilines is 1. The van der Waals surface area contributed by atoms with Gasteiger partial charge in [-0.1, -0.05) is 17.4 Å². The Hall–Kier alpha value is -2.49. The van der Waals surface area contributed by atoms with Crippen LogP contribution in [0.2, 0.25) is 0 Å². The Morgan fingerprint density at radius 3 is 3.14 bits per heavy atom. The second-order valence-electron chi connectivity index (χ2n) is 6.47. The van der Waals surface area contributed by atoms with Gasteiger partial charge in [-0.2, -0.15) is 0 Å². The smallest absolute Gasteiger partial charge is 0.264 e. The molecule has 3 aromatic rings. The van der Waals surface area contributed by atoms with Crippen LogP contribution in [0.5, 0.6) is 5.75 Å². The van der Waals surface area contributed by atoms with Crippen molar-refractivity contribution >= 4 is 33.3 Å². The van der Waals surface area contributed by atoms with Crippen molar-refractivity contribution in [3.8, 4) is 5.75 Å². The summed E-state index contributed by atoms with van der Waals surface area (Å²) in [5.74, 6) is 0.395. The average molecular weight is 402 g/mol. The minimum atomic E-state index is -0.272. The molecule has 0 unspecified atom stereocenters. The van der Waals surface area contributed by atoms with Crippen LogP contribution < -0.4 is 10.1 Å². The molecule has 2 aromatic heterocycles. The van der Waals surface area contributed by atoms with Crippen molar-refractivity contribution < 1.29 is 19.0 Å². The van der Waals surface area contributed by atoms with E-state index in [-0.39, 0.29) is 18.6 Å². The highest BCUT2D eigenvalue weighted by Gasteiger charge is 2.22.